The van der Waals surface area contributed by atoms with Crippen molar-refractivity contribution in [1.29, 1.82) is 0 Å². The zero-order chi connectivity index (χ0) is 20.3. The maximum Gasteiger partial charge on any atom is 0.248 e. The number of anilines is 1. The molecule has 3 rings (SSSR count). The Morgan fingerprint density at radius 3 is 2.61 bits per heavy atom. The van der Waals surface area contributed by atoms with Gasteiger partial charge in [-0.1, -0.05) is 48.8 Å². The minimum atomic E-state index is -0.438. The highest BCUT2D eigenvalue weighted by Crippen LogP contribution is 2.30. The average Bonchev–Trinajstić information content (AvgIpc) is 3.29. The fourth-order valence-corrected chi connectivity index (χ4v) is 3.68. The lowest BCUT2D eigenvalue weighted by atomic mass is 9.80. The molecule has 2 heterocycles. The third kappa shape index (κ3) is 4.61. The largest absolute Gasteiger partial charge is 0.360 e. The zero-order valence-electron chi connectivity index (χ0n) is 17.1. The molecule has 1 fully saturated rings. The van der Waals surface area contributed by atoms with Crippen LogP contribution in [0.5, 0.6) is 0 Å². The van der Waals surface area contributed by atoms with Gasteiger partial charge >= 0.3 is 0 Å². The Bertz CT molecular complexity index is 839. The summed E-state index contributed by atoms with van der Waals surface area (Å²) >= 11 is 0. The molecular formula is C22H29N3O3. The molecule has 1 saturated heterocycles. The number of carbonyl (C=O) groups is 2. The number of aryl methyl sites for hydroxylation is 2. The molecule has 150 valence electrons. The van der Waals surface area contributed by atoms with Gasteiger partial charge in [0.1, 0.15) is 11.8 Å². The van der Waals surface area contributed by atoms with Crippen molar-refractivity contribution in [3.8, 4) is 0 Å². The summed E-state index contributed by atoms with van der Waals surface area (Å²) in [7, 11) is 0. The van der Waals surface area contributed by atoms with Crippen LogP contribution in [0.25, 0.3) is 0 Å². The highest BCUT2D eigenvalue weighted by atomic mass is 16.5. The molecule has 2 amide bonds. The fraction of sp³-hybridized carbons (Fsp3) is 0.500. The van der Waals surface area contributed by atoms with Gasteiger partial charge < -0.3 is 14.7 Å². The summed E-state index contributed by atoms with van der Waals surface area (Å²) in [5, 5.41) is 6.55. The number of rotatable bonds is 6. The van der Waals surface area contributed by atoms with Crippen molar-refractivity contribution in [1.82, 2.24) is 10.1 Å². The third-order valence-electron chi connectivity index (χ3n) is 5.55. The van der Waals surface area contributed by atoms with Crippen LogP contribution in [0.3, 0.4) is 0 Å². The van der Waals surface area contributed by atoms with Gasteiger partial charge in [0, 0.05) is 19.0 Å². The molecule has 0 bridgehead atoms. The molecule has 1 atom stereocenters. The molecule has 0 unspecified atom stereocenters. The lowest BCUT2D eigenvalue weighted by Gasteiger charge is -2.28. The maximum absolute atomic E-state index is 12.9. The molecule has 0 spiro atoms. The SMILES string of the molecule is Cc1ccc(C(C)(C)CCC(=O)N2CCC[C@@H]2C(=O)Nc2cc(C)on2)cc1. The first-order valence-corrected chi connectivity index (χ1v) is 9.87. The monoisotopic (exact) mass is 383 g/mol. The summed E-state index contributed by atoms with van der Waals surface area (Å²) in [5.74, 6) is 0.862. The minimum Gasteiger partial charge on any atom is -0.360 e. The molecule has 0 radical (unpaired) electrons. The summed E-state index contributed by atoms with van der Waals surface area (Å²) in [4.78, 5) is 27.2. The van der Waals surface area contributed by atoms with Crippen LogP contribution in [-0.4, -0.2) is 34.5 Å². The molecule has 1 N–H and O–H groups in total. The normalized spacial score (nSPS) is 17.0. The number of likely N-dealkylation sites (tertiary alicyclic amines) is 1. The van der Waals surface area contributed by atoms with E-state index in [1.165, 1.54) is 11.1 Å². The third-order valence-corrected chi connectivity index (χ3v) is 5.55. The van der Waals surface area contributed by atoms with Gasteiger partial charge in [0.05, 0.1) is 0 Å². The Balaban J connectivity index is 1.59. The van der Waals surface area contributed by atoms with Crippen molar-refractivity contribution >= 4 is 17.6 Å². The zero-order valence-corrected chi connectivity index (χ0v) is 17.1. The predicted octanol–water partition coefficient (Wildman–Crippen LogP) is 3.98. The predicted molar refractivity (Wildman–Crippen MR) is 108 cm³/mol. The number of nitrogens with zero attached hydrogens (tertiary/aromatic N) is 2. The second-order valence-electron chi connectivity index (χ2n) is 8.31. The van der Waals surface area contributed by atoms with Crippen molar-refractivity contribution < 1.29 is 14.1 Å². The lowest BCUT2D eigenvalue weighted by Crippen LogP contribution is -2.43. The maximum atomic E-state index is 12.9. The van der Waals surface area contributed by atoms with Gasteiger partial charge in [-0.15, -0.1) is 0 Å². The van der Waals surface area contributed by atoms with E-state index in [-0.39, 0.29) is 17.2 Å². The van der Waals surface area contributed by atoms with Crippen molar-refractivity contribution in [2.45, 2.75) is 64.8 Å². The molecule has 28 heavy (non-hydrogen) atoms. The Labute approximate surface area is 166 Å². The molecule has 1 aromatic carbocycles. The first-order chi connectivity index (χ1) is 13.3. The van der Waals surface area contributed by atoms with Crippen LogP contribution in [0.15, 0.2) is 34.9 Å². The number of amides is 2. The number of aromatic nitrogens is 1. The number of carbonyl (C=O) groups excluding carboxylic acids is 2. The van der Waals surface area contributed by atoms with Crippen molar-refractivity contribution in [3.05, 3.63) is 47.2 Å². The molecular weight excluding hydrogens is 354 g/mol. The summed E-state index contributed by atoms with van der Waals surface area (Å²) < 4.78 is 4.98. The minimum absolute atomic E-state index is 0.0363. The van der Waals surface area contributed by atoms with Crippen LogP contribution < -0.4 is 5.32 Å². The average molecular weight is 383 g/mol. The Hall–Kier alpha value is -2.63. The van der Waals surface area contributed by atoms with E-state index in [0.29, 0.717) is 31.0 Å². The highest BCUT2D eigenvalue weighted by Gasteiger charge is 2.35. The van der Waals surface area contributed by atoms with Crippen LogP contribution >= 0.6 is 0 Å². The topological polar surface area (TPSA) is 75.4 Å². The van der Waals surface area contributed by atoms with Crippen LogP contribution in [0, 0.1) is 13.8 Å². The molecule has 6 heteroatoms. The van der Waals surface area contributed by atoms with Gasteiger partial charge in [0.15, 0.2) is 5.82 Å². The van der Waals surface area contributed by atoms with Gasteiger partial charge in [-0.05, 0) is 44.1 Å². The van der Waals surface area contributed by atoms with Crippen LogP contribution in [0.1, 0.15) is 56.4 Å². The van der Waals surface area contributed by atoms with Gasteiger partial charge in [-0.3, -0.25) is 9.59 Å². The number of benzene rings is 1. The van der Waals surface area contributed by atoms with Crippen molar-refractivity contribution in [2.24, 2.45) is 0 Å². The van der Waals surface area contributed by atoms with E-state index in [1.807, 2.05) is 0 Å². The van der Waals surface area contributed by atoms with E-state index < -0.39 is 6.04 Å². The van der Waals surface area contributed by atoms with E-state index in [0.717, 1.165) is 12.8 Å². The van der Waals surface area contributed by atoms with Crippen molar-refractivity contribution in [3.63, 3.8) is 0 Å². The first kappa shape index (κ1) is 20.1. The Kier molecular flexibility index (Phi) is 5.87. The Morgan fingerprint density at radius 2 is 1.96 bits per heavy atom. The van der Waals surface area contributed by atoms with Gasteiger partial charge in [-0.25, -0.2) is 0 Å². The van der Waals surface area contributed by atoms with E-state index in [4.69, 9.17) is 4.52 Å². The molecule has 0 aliphatic carbocycles. The van der Waals surface area contributed by atoms with E-state index >= 15 is 0 Å². The Morgan fingerprint density at radius 1 is 1.25 bits per heavy atom. The molecule has 1 aromatic heterocycles. The standard InChI is InChI=1S/C22H29N3O3/c1-15-7-9-17(10-8-15)22(3,4)12-11-20(26)25-13-5-6-18(25)21(27)23-19-14-16(2)28-24-19/h7-10,14,18H,5-6,11-13H2,1-4H3,(H,23,24,27)/t18-/m1/s1. The summed E-state index contributed by atoms with van der Waals surface area (Å²) in [5.41, 5.74) is 2.35. The van der Waals surface area contributed by atoms with Crippen LogP contribution in [0.2, 0.25) is 0 Å². The second kappa shape index (κ2) is 8.17. The second-order valence-corrected chi connectivity index (χ2v) is 8.31. The summed E-state index contributed by atoms with van der Waals surface area (Å²) in [6.45, 7) is 8.78. The van der Waals surface area contributed by atoms with E-state index in [2.05, 4.69) is 55.5 Å². The smallest absolute Gasteiger partial charge is 0.248 e. The number of nitrogens with one attached hydrogen (secondary N) is 1. The fourth-order valence-electron chi connectivity index (χ4n) is 3.68. The highest BCUT2D eigenvalue weighted by molar-refractivity contribution is 5.96. The summed E-state index contributed by atoms with van der Waals surface area (Å²) in [6.07, 6.45) is 2.68. The first-order valence-electron chi connectivity index (χ1n) is 9.87. The quantitative estimate of drug-likeness (QED) is 0.819. The number of hydrogen-bond acceptors (Lipinski definition) is 4. The van der Waals surface area contributed by atoms with E-state index in [9.17, 15) is 9.59 Å². The van der Waals surface area contributed by atoms with Gasteiger partial charge in [0.25, 0.3) is 0 Å². The lowest BCUT2D eigenvalue weighted by molar-refractivity contribution is -0.136. The molecule has 1 aliphatic rings. The van der Waals surface area contributed by atoms with Crippen LogP contribution in [0.4, 0.5) is 5.82 Å². The van der Waals surface area contributed by atoms with Gasteiger partial charge in [-0.2, -0.15) is 0 Å². The summed E-state index contributed by atoms with van der Waals surface area (Å²) in [6, 6.07) is 9.70. The molecule has 0 saturated carbocycles. The molecule has 2 aromatic rings. The molecule has 6 nitrogen and oxygen atoms in total. The van der Waals surface area contributed by atoms with E-state index in [1.54, 1.807) is 17.9 Å². The number of hydrogen-bond donors (Lipinski definition) is 1. The molecule has 1 aliphatic heterocycles. The van der Waals surface area contributed by atoms with Gasteiger partial charge in [0.2, 0.25) is 11.8 Å². The van der Waals surface area contributed by atoms with Crippen LogP contribution in [-0.2, 0) is 15.0 Å². The van der Waals surface area contributed by atoms with Crippen molar-refractivity contribution in [2.75, 3.05) is 11.9 Å².